The van der Waals surface area contributed by atoms with Crippen LogP contribution < -0.4 is 14.4 Å². The van der Waals surface area contributed by atoms with Crippen LogP contribution in [-0.2, 0) is 20.8 Å². The number of likely N-dealkylation sites (tertiary alicyclic amines) is 1. The molecule has 2 aliphatic rings. The maximum absolute atomic E-state index is 11.8. The van der Waals surface area contributed by atoms with Crippen LogP contribution in [0.4, 0.5) is 10.5 Å². The fourth-order valence-corrected chi connectivity index (χ4v) is 5.16. The SMILES string of the molecule is COCCCOc1ccc([C@@H]2[C@H](O)CN(C(=O)O)C[C@@H]2OCc2ccc3c(c2)N(CCCOC)CCO3)cc1. The molecule has 1 amide bonds. The molecule has 2 aromatic rings. The average Bonchev–Trinajstić information content (AvgIpc) is 2.94. The van der Waals surface area contributed by atoms with Crippen molar-refractivity contribution in [2.75, 3.05) is 71.7 Å². The third kappa shape index (κ3) is 7.76. The standard InChI is InChI=1S/C29H40N2O8/c1-35-13-3-11-30-12-16-38-26-10-5-21(17-24(26)30)20-39-27-19-31(29(33)34)18-25(32)28(27)22-6-8-23(9-7-22)37-15-4-14-36-2/h5-10,17,25,27-28,32H,3-4,11-16,18-20H2,1-2H3,(H,33,34)/t25-,27+,28-/m1/s1. The Balaban J connectivity index is 1.46. The number of aliphatic hydroxyl groups is 1. The second kappa shape index (κ2) is 14.4. The fourth-order valence-electron chi connectivity index (χ4n) is 5.16. The van der Waals surface area contributed by atoms with Crippen molar-refractivity contribution in [1.29, 1.82) is 0 Å². The van der Waals surface area contributed by atoms with Gasteiger partial charge in [0, 0.05) is 46.3 Å². The Hall–Kier alpha value is -3.05. The maximum Gasteiger partial charge on any atom is 0.407 e. The van der Waals surface area contributed by atoms with E-state index < -0.39 is 18.3 Å². The lowest BCUT2D eigenvalue weighted by Crippen LogP contribution is -2.53. The van der Waals surface area contributed by atoms with Crippen LogP contribution in [0.1, 0.15) is 29.9 Å². The minimum Gasteiger partial charge on any atom is -0.494 e. The van der Waals surface area contributed by atoms with Gasteiger partial charge in [0.05, 0.1) is 50.7 Å². The van der Waals surface area contributed by atoms with Crippen LogP contribution in [0.2, 0.25) is 0 Å². The number of rotatable bonds is 13. The second-order valence-corrected chi connectivity index (χ2v) is 9.88. The molecule has 0 bridgehead atoms. The summed E-state index contributed by atoms with van der Waals surface area (Å²) in [6, 6.07) is 13.6. The van der Waals surface area contributed by atoms with Crippen molar-refractivity contribution in [1.82, 2.24) is 4.90 Å². The van der Waals surface area contributed by atoms with Gasteiger partial charge >= 0.3 is 6.09 Å². The van der Waals surface area contributed by atoms with Crippen molar-refractivity contribution >= 4 is 11.8 Å². The van der Waals surface area contributed by atoms with Crippen LogP contribution in [0.25, 0.3) is 0 Å². The Bertz CT molecular complexity index is 1050. The molecule has 1 fully saturated rings. The molecule has 2 aromatic carbocycles. The van der Waals surface area contributed by atoms with E-state index in [-0.39, 0.29) is 25.6 Å². The Kier molecular flexibility index (Phi) is 10.7. The van der Waals surface area contributed by atoms with Crippen LogP contribution in [0.3, 0.4) is 0 Å². The first-order valence-electron chi connectivity index (χ1n) is 13.5. The monoisotopic (exact) mass is 544 g/mol. The summed E-state index contributed by atoms with van der Waals surface area (Å²) in [6.07, 6.45) is -0.788. The van der Waals surface area contributed by atoms with Gasteiger partial charge in [0.25, 0.3) is 0 Å². The molecule has 4 rings (SSSR count). The fraction of sp³-hybridized carbons (Fsp3) is 0.552. The Morgan fingerprint density at radius 3 is 2.54 bits per heavy atom. The molecule has 10 nitrogen and oxygen atoms in total. The third-order valence-electron chi connectivity index (χ3n) is 7.14. The first kappa shape index (κ1) is 28.9. The van der Waals surface area contributed by atoms with Gasteiger partial charge in [-0.3, -0.25) is 0 Å². The highest BCUT2D eigenvalue weighted by molar-refractivity contribution is 5.65. The number of ether oxygens (including phenoxy) is 5. The number of aliphatic hydroxyl groups excluding tert-OH is 1. The predicted octanol–water partition coefficient (Wildman–Crippen LogP) is 3.36. The van der Waals surface area contributed by atoms with E-state index in [9.17, 15) is 15.0 Å². The molecule has 214 valence electrons. The van der Waals surface area contributed by atoms with E-state index in [0.29, 0.717) is 26.4 Å². The summed E-state index contributed by atoms with van der Waals surface area (Å²) in [5, 5.41) is 20.6. The molecule has 2 aliphatic heterocycles. The normalized spacial score (nSPS) is 20.8. The topological polar surface area (TPSA) is 110 Å². The van der Waals surface area contributed by atoms with Gasteiger partial charge < -0.3 is 43.7 Å². The predicted molar refractivity (Wildman–Crippen MR) is 146 cm³/mol. The zero-order valence-electron chi connectivity index (χ0n) is 22.8. The summed E-state index contributed by atoms with van der Waals surface area (Å²) in [5.41, 5.74) is 2.85. The molecular weight excluding hydrogens is 504 g/mol. The number of carboxylic acid groups (broad SMARTS) is 1. The van der Waals surface area contributed by atoms with Crippen molar-refractivity contribution in [3.63, 3.8) is 0 Å². The van der Waals surface area contributed by atoms with Gasteiger partial charge in [-0.2, -0.15) is 0 Å². The number of amides is 1. The molecule has 0 aliphatic carbocycles. The second-order valence-electron chi connectivity index (χ2n) is 9.88. The van der Waals surface area contributed by atoms with Crippen LogP contribution in [0.5, 0.6) is 11.5 Å². The van der Waals surface area contributed by atoms with Gasteiger partial charge in [0.1, 0.15) is 18.1 Å². The molecule has 0 spiro atoms. The molecule has 39 heavy (non-hydrogen) atoms. The third-order valence-corrected chi connectivity index (χ3v) is 7.14. The zero-order valence-corrected chi connectivity index (χ0v) is 22.8. The highest BCUT2D eigenvalue weighted by atomic mass is 16.5. The smallest absolute Gasteiger partial charge is 0.407 e. The van der Waals surface area contributed by atoms with E-state index in [1.807, 2.05) is 36.4 Å². The molecule has 0 aromatic heterocycles. The highest BCUT2D eigenvalue weighted by Crippen LogP contribution is 2.35. The minimum atomic E-state index is -1.07. The molecule has 0 unspecified atom stereocenters. The summed E-state index contributed by atoms with van der Waals surface area (Å²) in [7, 11) is 3.36. The quantitative estimate of drug-likeness (QED) is 0.367. The van der Waals surface area contributed by atoms with Crippen LogP contribution in [0, 0.1) is 0 Å². The van der Waals surface area contributed by atoms with E-state index in [1.54, 1.807) is 14.2 Å². The van der Waals surface area contributed by atoms with Crippen LogP contribution in [-0.4, -0.2) is 100 Å². The van der Waals surface area contributed by atoms with Crippen LogP contribution in [0.15, 0.2) is 42.5 Å². The number of benzene rings is 2. The highest BCUT2D eigenvalue weighted by Gasteiger charge is 2.39. The van der Waals surface area contributed by atoms with Crippen molar-refractivity contribution in [3.05, 3.63) is 53.6 Å². The number of hydrogen-bond acceptors (Lipinski definition) is 8. The Labute approximate surface area is 230 Å². The van der Waals surface area contributed by atoms with Gasteiger partial charge in [-0.15, -0.1) is 0 Å². The van der Waals surface area contributed by atoms with Gasteiger partial charge in [-0.25, -0.2) is 4.79 Å². The minimum absolute atomic E-state index is 0.0295. The van der Waals surface area contributed by atoms with Gasteiger partial charge in [0.15, 0.2) is 0 Å². The number of carbonyl (C=O) groups is 1. The molecule has 10 heteroatoms. The number of anilines is 1. The number of hydrogen-bond donors (Lipinski definition) is 2. The van der Waals surface area contributed by atoms with Gasteiger partial charge in [0.2, 0.25) is 0 Å². The zero-order chi connectivity index (χ0) is 27.6. The lowest BCUT2D eigenvalue weighted by atomic mass is 9.84. The van der Waals surface area contributed by atoms with Gasteiger partial charge in [-0.1, -0.05) is 18.2 Å². The lowest BCUT2D eigenvalue weighted by Gasteiger charge is -2.40. The summed E-state index contributed by atoms with van der Waals surface area (Å²) < 4.78 is 28.2. The molecule has 0 radical (unpaired) electrons. The molecule has 3 atom stereocenters. The molecule has 1 saturated heterocycles. The number of fused-ring (bicyclic) bond motifs is 1. The van der Waals surface area contributed by atoms with Crippen molar-refractivity contribution in [2.45, 2.75) is 37.6 Å². The number of piperidine rings is 1. The summed E-state index contributed by atoms with van der Waals surface area (Å²) >= 11 is 0. The average molecular weight is 545 g/mol. The molecule has 2 heterocycles. The summed E-state index contributed by atoms with van der Waals surface area (Å²) in [4.78, 5) is 15.3. The summed E-state index contributed by atoms with van der Waals surface area (Å²) in [5.74, 6) is 1.20. The van der Waals surface area contributed by atoms with E-state index in [1.165, 1.54) is 4.90 Å². The summed E-state index contributed by atoms with van der Waals surface area (Å²) in [6.45, 7) is 4.67. The van der Waals surface area contributed by atoms with E-state index in [0.717, 1.165) is 54.2 Å². The lowest BCUT2D eigenvalue weighted by molar-refractivity contribution is -0.0660. The number of nitrogens with zero attached hydrogens (tertiary/aromatic N) is 2. The van der Waals surface area contributed by atoms with Gasteiger partial charge in [-0.05, 0) is 41.8 Å². The largest absolute Gasteiger partial charge is 0.494 e. The van der Waals surface area contributed by atoms with Crippen molar-refractivity contribution in [3.8, 4) is 11.5 Å². The Morgan fingerprint density at radius 2 is 1.79 bits per heavy atom. The number of methoxy groups -OCH3 is 2. The number of β-amino-alcohol motifs (C(OH)–C–C–N with tert-alkyl or cyclic N) is 1. The molecule has 0 saturated carbocycles. The first-order valence-corrected chi connectivity index (χ1v) is 13.5. The Morgan fingerprint density at radius 1 is 1.03 bits per heavy atom. The van der Waals surface area contributed by atoms with Crippen LogP contribution >= 0.6 is 0 Å². The van der Waals surface area contributed by atoms with Crippen molar-refractivity contribution in [2.24, 2.45) is 0 Å². The maximum atomic E-state index is 11.8. The molecule has 2 N–H and O–H groups in total. The van der Waals surface area contributed by atoms with E-state index >= 15 is 0 Å². The molecular formula is C29H40N2O8. The van der Waals surface area contributed by atoms with E-state index in [4.69, 9.17) is 23.7 Å². The van der Waals surface area contributed by atoms with Crippen molar-refractivity contribution < 1.29 is 38.7 Å². The first-order chi connectivity index (χ1) is 19.0. The van der Waals surface area contributed by atoms with E-state index in [2.05, 4.69) is 11.0 Å².